The molecular weight excluding hydrogens is 282 g/mol. The Labute approximate surface area is 85.1 Å². The van der Waals surface area contributed by atoms with Gasteiger partial charge in [0.15, 0.2) is 0 Å². The van der Waals surface area contributed by atoms with Gasteiger partial charge in [-0.25, -0.2) is 4.74 Å². The number of rotatable bonds is 0. The van der Waals surface area contributed by atoms with Crippen LogP contribution < -0.4 is 0 Å². The van der Waals surface area contributed by atoms with Crippen LogP contribution in [0, 0.1) is 0 Å². The lowest BCUT2D eigenvalue weighted by molar-refractivity contribution is -0.440. The van der Waals surface area contributed by atoms with Gasteiger partial charge in [0.25, 0.3) is 0 Å². The zero-order chi connectivity index (χ0) is 13.9. The molecule has 0 aromatic carbocycles. The molecule has 0 aromatic heterocycles. The smallest absolute Gasteiger partial charge is 0.264 e. The third-order valence-electron chi connectivity index (χ3n) is 1.61. The molecule has 0 saturated carbocycles. The van der Waals surface area contributed by atoms with E-state index in [0.717, 1.165) is 0 Å². The highest BCUT2D eigenvalue weighted by Crippen LogP contribution is 2.59. The van der Waals surface area contributed by atoms with Gasteiger partial charge in [0, 0.05) is 0 Å². The molecule has 1 aliphatic heterocycles. The largest absolute Gasteiger partial charge is 0.478 e. The maximum Gasteiger partial charge on any atom is 0.478 e. The second kappa shape index (κ2) is 3.16. The van der Waals surface area contributed by atoms with E-state index in [9.17, 15) is 43.9 Å². The monoisotopic (exact) mass is 282 g/mol. The Morgan fingerprint density at radius 3 is 1.24 bits per heavy atom. The van der Waals surface area contributed by atoms with E-state index in [4.69, 9.17) is 0 Å². The van der Waals surface area contributed by atoms with Crippen LogP contribution in [0.15, 0.2) is 0 Å². The Morgan fingerprint density at radius 1 is 0.647 bits per heavy atom. The summed E-state index contributed by atoms with van der Waals surface area (Å²) in [6.45, 7) is 0. The molecule has 2 nitrogen and oxygen atoms in total. The van der Waals surface area contributed by atoms with E-state index in [1.165, 1.54) is 0 Å². The summed E-state index contributed by atoms with van der Waals surface area (Å²) in [5, 5.41) is 0. The van der Waals surface area contributed by atoms with Crippen molar-refractivity contribution in [3.8, 4) is 0 Å². The summed E-state index contributed by atoms with van der Waals surface area (Å²) in [6.07, 6.45) is -19.2. The summed E-state index contributed by atoms with van der Waals surface area (Å²) in [4.78, 5) is 0. The average molecular weight is 282 g/mol. The van der Waals surface area contributed by atoms with E-state index >= 15 is 0 Å². The lowest BCUT2D eigenvalue weighted by Crippen LogP contribution is -2.53. The van der Waals surface area contributed by atoms with E-state index in [2.05, 4.69) is 9.47 Å². The molecule has 0 radical (unpaired) electrons. The second-order valence-electron chi connectivity index (χ2n) is 2.85. The second-order valence-corrected chi connectivity index (χ2v) is 2.85. The van der Waals surface area contributed by atoms with Crippen LogP contribution in [0.3, 0.4) is 0 Å². The molecule has 2 unspecified atom stereocenters. The normalized spacial score (nSPS) is 38.5. The summed E-state index contributed by atoms with van der Waals surface area (Å²) in [5.74, 6) is -6.23. The minimum Gasteiger partial charge on any atom is -0.264 e. The highest BCUT2D eigenvalue weighted by molar-refractivity contribution is 4.95. The van der Waals surface area contributed by atoms with Crippen molar-refractivity contribution in [3.05, 3.63) is 0 Å². The molecule has 0 spiro atoms. The van der Waals surface area contributed by atoms with Crippen LogP contribution in [0.1, 0.15) is 0 Å². The Balaban J connectivity index is 3.24. The van der Waals surface area contributed by atoms with Crippen LogP contribution in [-0.4, -0.2) is 30.4 Å². The van der Waals surface area contributed by atoms with Gasteiger partial charge < -0.3 is 0 Å². The Morgan fingerprint density at radius 2 is 1.06 bits per heavy atom. The van der Waals surface area contributed by atoms with Crippen molar-refractivity contribution in [2.24, 2.45) is 0 Å². The lowest BCUT2D eigenvalue weighted by atomic mass is 10.3. The van der Waals surface area contributed by atoms with Gasteiger partial charge in [-0.1, -0.05) is 0 Å². The van der Waals surface area contributed by atoms with E-state index in [1.807, 2.05) is 0 Å². The third kappa shape index (κ3) is 1.82. The van der Waals surface area contributed by atoms with Gasteiger partial charge in [-0.15, -0.1) is 0 Å². The van der Waals surface area contributed by atoms with Crippen molar-refractivity contribution in [3.63, 3.8) is 0 Å². The van der Waals surface area contributed by atoms with Gasteiger partial charge in [0.1, 0.15) is 0 Å². The minimum atomic E-state index is -6.63. The number of halogens is 10. The Hall–Kier alpha value is -0.780. The van der Waals surface area contributed by atoms with Gasteiger partial charge in [-0.3, -0.25) is 4.74 Å². The van der Waals surface area contributed by atoms with Crippen molar-refractivity contribution in [1.82, 2.24) is 0 Å². The standard InChI is InChI=1S/C5F10O2/c6-1(2(7,8)9)4(13,14)17-5(15,16-1)3(10,11)12. The molecule has 102 valence electrons. The predicted octanol–water partition coefficient (Wildman–Crippen LogP) is 3.04. The minimum absolute atomic E-state index is 2.10. The zero-order valence-corrected chi connectivity index (χ0v) is 7.10. The van der Waals surface area contributed by atoms with Crippen molar-refractivity contribution < 1.29 is 53.4 Å². The molecule has 0 bridgehead atoms. The highest BCUT2D eigenvalue weighted by atomic mass is 19.4. The Kier molecular flexibility index (Phi) is 2.65. The number of hydrogen-bond acceptors (Lipinski definition) is 2. The van der Waals surface area contributed by atoms with E-state index in [1.54, 1.807) is 0 Å². The van der Waals surface area contributed by atoms with Gasteiger partial charge in [-0.2, -0.15) is 43.9 Å². The molecule has 0 N–H and O–H groups in total. The fraction of sp³-hybridized carbons (Fsp3) is 1.00. The molecular formula is C5F10O2. The molecule has 1 aliphatic rings. The first-order valence-electron chi connectivity index (χ1n) is 3.46. The fourth-order valence-electron chi connectivity index (χ4n) is 0.830. The van der Waals surface area contributed by atoms with Crippen molar-refractivity contribution in [2.45, 2.75) is 30.4 Å². The van der Waals surface area contributed by atoms with Gasteiger partial charge in [0.2, 0.25) is 0 Å². The first-order valence-corrected chi connectivity index (χ1v) is 3.46. The molecule has 1 saturated heterocycles. The predicted molar refractivity (Wildman–Crippen MR) is 26.9 cm³/mol. The number of alkyl halides is 10. The van der Waals surface area contributed by atoms with Gasteiger partial charge >= 0.3 is 30.4 Å². The molecule has 1 rings (SSSR count). The van der Waals surface area contributed by atoms with E-state index in [-0.39, 0.29) is 0 Å². The average Bonchev–Trinajstić information content (AvgIpc) is 2.16. The zero-order valence-electron chi connectivity index (χ0n) is 7.10. The van der Waals surface area contributed by atoms with Crippen molar-refractivity contribution in [1.29, 1.82) is 0 Å². The summed E-state index contributed by atoms with van der Waals surface area (Å²) >= 11 is 0. The maximum absolute atomic E-state index is 12.7. The molecule has 1 heterocycles. The summed E-state index contributed by atoms with van der Waals surface area (Å²) in [6, 6.07) is -5.89. The van der Waals surface area contributed by atoms with Crippen LogP contribution >= 0.6 is 0 Å². The third-order valence-corrected chi connectivity index (χ3v) is 1.61. The molecule has 0 aliphatic carbocycles. The molecule has 17 heavy (non-hydrogen) atoms. The Bertz CT molecular complexity index is 320. The van der Waals surface area contributed by atoms with Gasteiger partial charge in [0.05, 0.1) is 0 Å². The summed E-state index contributed by atoms with van der Waals surface area (Å²) < 4.78 is 125. The van der Waals surface area contributed by atoms with Crippen LogP contribution in [0.5, 0.6) is 0 Å². The van der Waals surface area contributed by atoms with Crippen molar-refractivity contribution >= 4 is 0 Å². The molecule has 0 amide bonds. The fourth-order valence-corrected chi connectivity index (χ4v) is 0.830. The van der Waals surface area contributed by atoms with Crippen LogP contribution in [0.25, 0.3) is 0 Å². The number of ether oxygens (including phenoxy) is 2. The number of hydrogen-bond donors (Lipinski definition) is 0. The van der Waals surface area contributed by atoms with E-state index < -0.39 is 30.4 Å². The first-order chi connectivity index (χ1) is 7.16. The van der Waals surface area contributed by atoms with Crippen LogP contribution in [0.2, 0.25) is 0 Å². The first kappa shape index (κ1) is 14.3. The maximum atomic E-state index is 12.7. The van der Waals surface area contributed by atoms with E-state index in [0.29, 0.717) is 0 Å². The molecule has 1 fully saturated rings. The highest BCUT2D eigenvalue weighted by Gasteiger charge is 2.87. The van der Waals surface area contributed by atoms with Crippen LogP contribution in [-0.2, 0) is 9.47 Å². The molecule has 2 atom stereocenters. The lowest BCUT2D eigenvalue weighted by Gasteiger charge is -2.25. The van der Waals surface area contributed by atoms with Crippen LogP contribution in [0.4, 0.5) is 43.9 Å². The topological polar surface area (TPSA) is 18.5 Å². The summed E-state index contributed by atoms with van der Waals surface area (Å²) in [7, 11) is 0. The SMILES string of the molecule is FC(F)(F)C1(F)OC(F)(F)C(F)(C(F)(F)F)O1. The molecule has 0 aromatic rings. The summed E-state index contributed by atoms with van der Waals surface area (Å²) in [5.41, 5.74) is 0. The molecule has 12 heteroatoms. The van der Waals surface area contributed by atoms with Crippen molar-refractivity contribution in [2.75, 3.05) is 0 Å². The van der Waals surface area contributed by atoms with Gasteiger partial charge in [-0.05, 0) is 0 Å². The quantitative estimate of drug-likeness (QED) is 0.636.